The second-order valence-corrected chi connectivity index (χ2v) is 8.17. The van der Waals surface area contributed by atoms with Crippen LogP contribution in [0.15, 0.2) is 36.4 Å². The lowest BCUT2D eigenvalue weighted by atomic mass is 10.0. The second kappa shape index (κ2) is 9.52. The van der Waals surface area contributed by atoms with Gasteiger partial charge in [-0.2, -0.15) is 0 Å². The van der Waals surface area contributed by atoms with Gasteiger partial charge >= 0.3 is 5.97 Å². The molecule has 1 N–H and O–H groups in total. The van der Waals surface area contributed by atoms with E-state index in [-0.39, 0.29) is 29.5 Å². The summed E-state index contributed by atoms with van der Waals surface area (Å²) in [5.41, 5.74) is 2.57. The highest BCUT2D eigenvalue weighted by Crippen LogP contribution is 2.45. The molecule has 0 unspecified atom stereocenters. The molecule has 33 heavy (non-hydrogen) atoms. The zero-order valence-corrected chi connectivity index (χ0v) is 19.1. The Morgan fingerprint density at radius 2 is 1.88 bits per heavy atom. The van der Waals surface area contributed by atoms with Gasteiger partial charge in [0, 0.05) is 17.7 Å². The molecule has 0 radical (unpaired) electrons. The number of rotatable bonds is 8. The van der Waals surface area contributed by atoms with Crippen LogP contribution in [0.2, 0.25) is 0 Å². The molecule has 0 bridgehead atoms. The Morgan fingerprint density at radius 1 is 1.12 bits per heavy atom. The van der Waals surface area contributed by atoms with E-state index in [2.05, 4.69) is 12.2 Å². The average Bonchev–Trinajstić information content (AvgIpc) is 3.37. The maximum absolute atomic E-state index is 13.1. The molecule has 2 aliphatic heterocycles. The van der Waals surface area contributed by atoms with Crippen LogP contribution in [0.5, 0.6) is 11.5 Å². The molecule has 0 aromatic heterocycles. The Kier molecular flexibility index (Phi) is 6.53. The van der Waals surface area contributed by atoms with E-state index in [1.807, 2.05) is 24.3 Å². The summed E-state index contributed by atoms with van der Waals surface area (Å²) >= 11 is 0. The third-order valence-electron chi connectivity index (χ3n) is 6.12. The Labute approximate surface area is 192 Å². The van der Waals surface area contributed by atoms with Crippen LogP contribution in [-0.4, -0.2) is 42.9 Å². The number of nitrogens with zero attached hydrogens (tertiary/aromatic N) is 1. The van der Waals surface area contributed by atoms with E-state index in [0.29, 0.717) is 23.4 Å². The van der Waals surface area contributed by atoms with E-state index in [4.69, 9.17) is 14.2 Å². The molecule has 2 aromatic rings. The van der Waals surface area contributed by atoms with Crippen molar-refractivity contribution in [2.45, 2.75) is 51.3 Å². The molecule has 174 valence electrons. The molecule has 2 atom stereocenters. The van der Waals surface area contributed by atoms with E-state index in [9.17, 15) is 14.4 Å². The van der Waals surface area contributed by atoms with Gasteiger partial charge in [0.1, 0.15) is 11.6 Å². The molecule has 4 rings (SSSR count). The lowest BCUT2D eigenvalue weighted by Gasteiger charge is -2.29. The topological polar surface area (TPSA) is 94.2 Å². The summed E-state index contributed by atoms with van der Waals surface area (Å²) in [4.78, 5) is 39.9. The first-order chi connectivity index (χ1) is 16.0. The van der Waals surface area contributed by atoms with E-state index in [1.54, 1.807) is 12.1 Å². The van der Waals surface area contributed by atoms with Crippen LogP contribution < -0.4 is 14.8 Å². The van der Waals surface area contributed by atoms with Gasteiger partial charge in [-0.3, -0.25) is 14.5 Å². The van der Waals surface area contributed by atoms with Gasteiger partial charge in [0.2, 0.25) is 18.0 Å². The molecule has 0 spiro atoms. The number of methoxy groups -OCH3 is 2. The molecule has 2 heterocycles. The Bertz CT molecular complexity index is 1070. The van der Waals surface area contributed by atoms with E-state index < -0.39 is 18.2 Å². The molecule has 2 aliphatic rings. The highest BCUT2D eigenvalue weighted by atomic mass is 16.6. The summed E-state index contributed by atoms with van der Waals surface area (Å²) in [5, 5.41) is 2.90. The van der Waals surface area contributed by atoms with Crippen molar-refractivity contribution in [2.24, 2.45) is 0 Å². The van der Waals surface area contributed by atoms with Gasteiger partial charge in [-0.25, -0.2) is 4.79 Å². The number of ether oxygens (including phenoxy) is 3. The number of cyclic esters (lactones) is 1. The maximum Gasteiger partial charge on any atom is 0.344 e. The Morgan fingerprint density at radius 3 is 2.55 bits per heavy atom. The molecular weight excluding hydrogens is 424 g/mol. The number of fused-ring (bicyclic) bond motifs is 1. The number of hydrogen-bond acceptors (Lipinski definition) is 6. The number of anilines is 1. The van der Waals surface area contributed by atoms with Crippen molar-refractivity contribution in [2.75, 3.05) is 19.5 Å². The van der Waals surface area contributed by atoms with Crippen molar-refractivity contribution in [3.63, 3.8) is 0 Å². The summed E-state index contributed by atoms with van der Waals surface area (Å²) in [6.45, 7) is 2.15. The number of carbonyl (C=O) groups is 3. The first-order valence-corrected chi connectivity index (χ1v) is 11.1. The van der Waals surface area contributed by atoms with Crippen LogP contribution in [0.3, 0.4) is 0 Å². The summed E-state index contributed by atoms with van der Waals surface area (Å²) in [5.74, 6) is -0.540. The van der Waals surface area contributed by atoms with E-state index in [1.165, 1.54) is 24.7 Å². The highest BCUT2D eigenvalue weighted by molar-refractivity contribution is 6.01. The van der Waals surface area contributed by atoms with Crippen molar-refractivity contribution >= 4 is 23.5 Å². The lowest BCUT2D eigenvalue weighted by Crippen LogP contribution is -2.43. The number of carbonyl (C=O) groups excluding carboxylic acids is 3. The van der Waals surface area contributed by atoms with Crippen LogP contribution >= 0.6 is 0 Å². The first kappa shape index (κ1) is 22.6. The lowest BCUT2D eigenvalue weighted by molar-refractivity contribution is -0.144. The Balaban J connectivity index is 1.56. The molecule has 0 aliphatic carbocycles. The number of benzene rings is 2. The summed E-state index contributed by atoms with van der Waals surface area (Å²) in [6.07, 6.45) is 2.78. The molecular formula is C25H28N2O6. The molecule has 0 saturated carbocycles. The van der Waals surface area contributed by atoms with Gasteiger partial charge in [0.25, 0.3) is 0 Å². The number of unbranched alkanes of at least 4 members (excludes halogenated alkanes) is 1. The van der Waals surface area contributed by atoms with Crippen LogP contribution in [0.25, 0.3) is 0 Å². The number of nitrogens with one attached hydrogen (secondary N) is 1. The molecule has 8 nitrogen and oxygen atoms in total. The number of aryl methyl sites for hydroxylation is 1. The minimum absolute atomic E-state index is 0.199. The van der Waals surface area contributed by atoms with Crippen LogP contribution in [-0.2, 0) is 20.7 Å². The van der Waals surface area contributed by atoms with Gasteiger partial charge in [0.15, 0.2) is 11.5 Å². The summed E-state index contributed by atoms with van der Waals surface area (Å²) < 4.78 is 16.2. The normalized spacial score (nSPS) is 19.3. The van der Waals surface area contributed by atoms with E-state index >= 15 is 0 Å². The molecule has 1 fully saturated rings. The summed E-state index contributed by atoms with van der Waals surface area (Å²) in [6, 6.07) is 10.3. The smallest absolute Gasteiger partial charge is 0.344 e. The largest absolute Gasteiger partial charge is 0.493 e. The number of likely N-dealkylation sites (tertiary alicyclic amines) is 1. The Hall–Kier alpha value is -3.55. The fourth-order valence-corrected chi connectivity index (χ4v) is 4.40. The third-order valence-corrected chi connectivity index (χ3v) is 6.12. The average molecular weight is 453 g/mol. The minimum Gasteiger partial charge on any atom is -0.493 e. The van der Waals surface area contributed by atoms with Crippen molar-refractivity contribution in [1.29, 1.82) is 0 Å². The maximum atomic E-state index is 13.1. The standard InChI is InChI=1S/C25H28N2O6/c1-4-5-6-15-7-9-16(10-8-15)26-23(29)18-12-14-20(28)27(18)24-17-11-13-19(31-2)22(32-3)21(17)25(30)33-24/h7-11,13,18,24H,4-6,12,14H2,1-3H3,(H,26,29)/t18-,24-/m1/s1. The van der Waals surface area contributed by atoms with Gasteiger partial charge in [-0.05, 0) is 49.1 Å². The van der Waals surface area contributed by atoms with Gasteiger partial charge in [-0.1, -0.05) is 25.5 Å². The van der Waals surface area contributed by atoms with Gasteiger partial charge < -0.3 is 19.5 Å². The predicted molar refractivity (Wildman–Crippen MR) is 121 cm³/mol. The fraction of sp³-hybridized carbons (Fsp3) is 0.400. The zero-order valence-electron chi connectivity index (χ0n) is 19.1. The van der Waals surface area contributed by atoms with Crippen molar-refractivity contribution in [3.05, 3.63) is 53.1 Å². The molecule has 2 aromatic carbocycles. The van der Waals surface area contributed by atoms with Crippen molar-refractivity contribution < 1.29 is 28.6 Å². The first-order valence-electron chi connectivity index (χ1n) is 11.1. The minimum atomic E-state index is -0.991. The number of amides is 2. The highest BCUT2D eigenvalue weighted by Gasteiger charge is 2.47. The van der Waals surface area contributed by atoms with Crippen LogP contribution in [0, 0.1) is 0 Å². The zero-order chi connectivity index (χ0) is 23.5. The van der Waals surface area contributed by atoms with E-state index in [0.717, 1.165) is 19.3 Å². The number of hydrogen-bond donors (Lipinski definition) is 1. The fourth-order valence-electron chi connectivity index (χ4n) is 4.40. The molecule has 1 saturated heterocycles. The second-order valence-electron chi connectivity index (χ2n) is 8.17. The van der Waals surface area contributed by atoms with Gasteiger partial charge in [0.05, 0.1) is 14.2 Å². The van der Waals surface area contributed by atoms with Crippen molar-refractivity contribution in [1.82, 2.24) is 4.90 Å². The molecule has 8 heteroatoms. The number of esters is 1. The van der Waals surface area contributed by atoms with Gasteiger partial charge in [-0.15, -0.1) is 0 Å². The van der Waals surface area contributed by atoms with Crippen LogP contribution in [0.4, 0.5) is 5.69 Å². The SMILES string of the molecule is CCCCc1ccc(NC(=O)[C@H]2CCC(=O)N2[C@@H]2OC(=O)c3c2ccc(OC)c3OC)cc1. The predicted octanol–water partition coefficient (Wildman–Crippen LogP) is 3.85. The quantitative estimate of drug-likeness (QED) is 0.612. The summed E-state index contributed by atoms with van der Waals surface area (Å²) in [7, 11) is 2.91. The third kappa shape index (κ3) is 4.25. The molecule has 2 amide bonds. The van der Waals surface area contributed by atoms with Crippen LogP contribution in [0.1, 0.15) is 60.3 Å². The van der Waals surface area contributed by atoms with Crippen molar-refractivity contribution in [3.8, 4) is 11.5 Å². The monoisotopic (exact) mass is 452 g/mol.